The first-order chi connectivity index (χ1) is 10.2. The summed E-state index contributed by atoms with van der Waals surface area (Å²) < 4.78 is 0. The van der Waals surface area contributed by atoms with Crippen molar-refractivity contribution in [2.24, 2.45) is 0 Å². The highest BCUT2D eigenvalue weighted by Crippen LogP contribution is 2.18. The van der Waals surface area contributed by atoms with Crippen molar-refractivity contribution < 1.29 is 4.79 Å². The minimum absolute atomic E-state index is 0.163. The van der Waals surface area contributed by atoms with Crippen molar-refractivity contribution >= 4 is 28.9 Å². The lowest BCUT2D eigenvalue weighted by atomic mass is 10.1. The molecule has 1 saturated heterocycles. The predicted molar refractivity (Wildman–Crippen MR) is 82.9 cm³/mol. The Morgan fingerprint density at radius 1 is 1.19 bits per heavy atom. The van der Waals surface area contributed by atoms with Crippen molar-refractivity contribution in [2.75, 3.05) is 23.3 Å². The van der Waals surface area contributed by atoms with Gasteiger partial charge in [0.2, 0.25) is 5.95 Å². The largest absolute Gasteiger partial charge is 0.341 e. The van der Waals surface area contributed by atoms with E-state index >= 15 is 0 Å². The second-order valence-corrected chi connectivity index (χ2v) is 5.90. The van der Waals surface area contributed by atoms with E-state index in [1.807, 2.05) is 6.92 Å². The zero-order chi connectivity index (χ0) is 14.7. The van der Waals surface area contributed by atoms with Crippen LogP contribution >= 0.6 is 11.3 Å². The summed E-state index contributed by atoms with van der Waals surface area (Å²) in [7, 11) is 0. The van der Waals surface area contributed by atoms with Crippen molar-refractivity contribution in [3.63, 3.8) is 0 Å². The molecule has 7 heteroatoms. The van der Waals surface area contributed by atoms with Crippen LogP contribution in [0.1, 0.15) is 34.6 Å². The average molecular weight is 303 g/mol. The van der Waals surface area contributed by atoms with Crippen LogP contribution in [0.15, 0.2) is 17.9 Å². The molecule has 6 nitrogen and oxygen atoms in total. The van der Waals surface area contributed by atoms with Crippen LogP contribution in [-0.4, -0.2) is 33.9 Å². The molecule has 1 N–H and O–H groups in total. The summed E-state index contributed by atoms with van der Waals surface area (Å²) in [6.45, 7) is 3.83. The van der Waals surface area contributed by atoms with Gasteiger partial charge in [-0.2, -0.15) is 0 Å². The second-order valence-electron chi connectivity index (χ2n) is 5.04. The molecule has 21 heavy (non-hydrogen) atoms. The number of nitrogens with one attached hydrogen (secondary N) is 1. The van der Waals surface area contributed by atoms with E-state index in [0.717, 1.165) is 24.7 Å². The Kier molecular flexibility index (Phi) is 4.10. The number of piperidine rings is 1. The molecule has 0 atom stereocenters. The van der Waals surface area contributed by atoms with E-state index in [0.29, 0.717) is 10.6 Å². The number of amides is 1. The van der Waals surface area contributed by atoms with Gasteiger partial charge in [-0.25, -0.2) is 15.0 Å². The molecule has 0 unspecified atom stereocenters. The lowest BCUT2D eigenvalue weighted by Crippen LogP contribution is -2.30. The van der Waals surface area contributed by atoms with Gasteiger partial charge in [-0.05, 0) is 26.2 Å². The molecule has 0 saturated carbocycles. The molecule has 2 aromatic rings. The Labute approximate surface area is 127 Å². The van der Waals surface area contributed by atoms with Gasteiger partial charge in [-0.15, -0.1) is 11.3 Å². The molecule has 3 rings (SSSR count). The molecule has 1 amide bonds. The van der Waals surface area contributed by atoms with Crippen molar-refractivity contribution in [3.8, 4) is 0 Å². The second kappa shape index (κ2) is 6.17. The lowest BCUT2D eigenvalue weighted by molar-refractivity contribution is 0.102. The van der Waals surface area contributed by atoms with E-state index in [1.54, 1.807) is 17.9 Å². The number of carbonyl (C=O) groups excluding carboxylic acids is 1. The molecule has 1 aliphatic heterocycles. The van der Waals surface area contributed by atoms with Gasteiger partial charge in [-0.3, -0.25) is 4.79 Å². The van der Waals surface area contributed by atoms with E-state index in [4.69, 9.17) is 0 Å². The van der Waals surface area contributed by atoms with Gasteiger partial charge in [0, 0.05) is 13.1 Å². The SMILES string of the molecule is Cc1ncsc1C(=O)Nc1cnc(N2CCCCC2)nc1. The zero-order valence-corrected chi connectivity index (χ0v) is 12.7. The molecule has 1 aliphatic rings. The van der Waals surface area contributed by atoms with Gasteiger partial charge >= 0.3 is 0 Å². The third-order valence-corrected chi connectivity index (χ3v) is 4.41. The third-order valence-electron chi connectivity index (χ3n) is 3.49. The average Bonchev–Trinajstić information content (AvgIpc) is 2.95. The van der Waals surface area contributed by atoms with Crippen LogP contribution in [0.2, 0.25) is 0 Å². The smallest absolute Gasteiger partial charge is 0.267 e. The first-order valence-electron chi connectivity index (χ1n) is 7.02. The predicted octanol–water partition coefficient (Wildman–Crippen LogP) is 2.48. The van der Waals surface area contributed by atoms with Crippen LogP contribution < -0.4 is 10.2 Å². The van der Waals surface area contributed by atoms with Gasteiger partial charge in [0.15, 0.2) is 0 Å². The zero-order valence-electron chi connectivity index (χ0n) is 11.9. The van der Waals surface area contributed by atoms with E-state index in [2.05, 4.69) is 25.2 Å². The van der Waals surface area contributed by atoms with E-state index in [1.165, 1.54) is 30.6 Å². The monoisotopic (exact) mass is 303 g/mol. The summed E-state index contributed by atoms with van der Waals surface area (Å²) in [4.78, 5) is 27.6. The molecular formula is C14H17N5OS. The van der Waals surface area contributed by atoms with Gasteiger partial charge < -0.3 is 10.2 Å². The Hall–Kier alpha value is -2.02. The molecule has 2 aromatic heterocycles. The van der Waals surface area contributed by atoms with Crippen LogP contribution in [0.5, 0.6) is 0 Å². The number of hydrogen-bond donors (Lipinski definition) is 1. The minimum atomic E-state index is -0.163. The quantitative estimate of drug-likeness (QED) is 0.943. The van der Waals surface area contributed by atoms with E-state index in [-0.39, 0.29) is 5.91 Å². The minimum Gasteiger partial charge on any atom is -0.341 e. The maximum Gasteiger partial charge on any atom is 0.267 e. The van der Waals surface area contributed by atoms with Gasteiger partial charge in [0.1, 0.15) is 4.88 Å². The molecule has 0 aliphatic carbocycles. The molecule has 0 spiro atoms. The standard InChI is InChI=1S/C14H17N5OS/c1-10-12(21-9-17-10)13(20)18-11-7-15-14(16-8-11)19-5-3-2-4-6-19/h7-9H,2-6H2,1H3,(H,18,20). The molecule has 0 bridgehead atoms. The Morgan fingerprint density at radius 2 is 1.90 bits per heavy atom. The number of carbonyl (C=O) groups is 1. The summed E-state index contributed by atoms with van der Waals surface area (Å²) >= 11 is 1.33. The van der Waals surface area contributed by atoms with Gasteiger partial charge in [-0.1, -0.05) is 0 Å². The number of aryl methyl sites for hydroxylation is 1. The normalized spacial score (nSPS) is 15.0. The Morgan fingerprint density at radius 3 is 2.52 bits per heavy atom. The molecule has 3 heterocycles. The summed E-state index contributed by atoms with van der Waals surface area (Å²) in [5.74, 6) is 0.575. The van der Waals surface area contributed by atoms with Gasteiger partial charge in [0.25, 0.3) is 5.91 Å². The highest BCUT2D eigenvalue weighted by Gasteiger charge is 2.15. The third kappa shape index (κ3) is 3.18. The maximum absolute atomic E-state index is 12.1. The molecule has 110 valence electrons. The van der Waals surface area contributed by atoms with Crippen LogP contribution in [-0.2, 0) is 0 Å². The number of anilines is 2. The fourth-order valence-corrected chi connectivity index (χ4v) is 3.05. The maximum atomic E-state index is 12.1. The summed E-state index contributed by atoms with van der Waals surface area (Å²) in [5, 5.41) is 2.80. The number of rotatable bonds is 3. The summed E-state index contributed by atoms with van der Waals surface area (Å²) in [6, 6.07) is 0. The van der Waals surface area contributed by atoms with Crippen molar-refractivity contribution in [1.29, 1.82) is 0 Å². The molecule has 0 radical (unpaired) electrons. The topological polar surface area (TPSA) is 71.0 Å². The molecule has 0 aromatic carbocycles. The Balaban J connectivity index is 1.67. The number of nitrogens with zero attached hydrogens (tertiary/aromatic N) is 4. The fourth-order valence-electron chi connectivity index (χ4n) is 2.35. The van der Waals surface area contributed by atoms with E-state index < -0.39 is 0 Å². The number of hydrogen-bond acceptors (Lipinski definition) is 6. The number of aromatic nitrogens is 3. The lowest BCUT2D eigenvalue weighted by Gasteiger charge is -2.26. The summed E-state index contributed by atoms with van der Waals surface area (Å²) in [6.07, 6.45) is 6.97. The highest BCUT2D eigenvalue weighted by atomic mass is 32.1. The summed E-state index contributed by atoms with van der Waals surface area (Å²) in [5.41, 5.74) is 3.01. The first kappa shape index (κ1) is 13.9. The van der Waals surface area contributed by atoms with Crippen LogP contribution in [0.25, 0.3) is 0 Å². The van der Waals surface area contributed by atoms with Crippen molar-refractivity contribution in [3.05, 3.63) is 28.5 Å². The molecule has 1 fully saturated rings. The highest BCUT2D eigenvalue weighted by molar-refractivity contribution is 7.12. The van der Waals surface area contributed by atoms with Crippen molar-refractivity contribution in [1.82, 2.24) is 15.0 Å². The van der Waals surface area contributed by atoms with Crippen molar-refractivity contribution in [2.45, 2.75) is 26.2 Å². The number of thiazole rings is 1. The van der Waals surface area contributed by atoms with Crippen LogP contribution in [0.3, 0.4) is 0 Å². The van der Waals surface area contributed by atoms with Gasteiger partial charge in [0.05, 0.1) is 29.3 Å². The fraction of sp³-hybridized carbons (Fsp3) is 0.429. The Bertz CT molecular complexity index is 619. The molecular weight excluding hydrogens is 286 g/mol. The first-order valence-corrected chi connectivity index (χ1v) is 7.90. The van der Waals surface area contributed by atoms with E-state index in [9.17, 15) is 4.79 Å². The van der Waals surface area contributed by atoms with Crippen LogP contribution in [0.4, 0.5) is 11.6 Å². The van der Waals surface area contributed by atoms with Crippen LogP contribution in [0, 0.1) is 6.92 Å².